The Balaban J connectivity index is 1.48. The molecule has 0 radical (unpaired) electrons. The van der Waals surface area contributed by atoms with Crippen LogP contribution in [0.15, 0.2) is 36.5 Å². The highest BCUT2D eigenvalue weighted by Gasteiger charge is 2.50. The fourth-order valence-corrected chi connectivity index (χ4v) is 7.41. The van der Waals surface area contributed by atoms with Gasteiger partial charge in [0.1, 0.15) is 0 Å². The van der Waals surface area contributed by atoms with E-state index in [1.54, 1.807) is 0 Å². The molecule has 0 aromatic rings. The van der Waals surface area contributed by atoms with Gasteiger partial charge in [-0.1, -0.05) is 154 Å². The first-order chi connectivity index (χ1) is 22.2. The van der Waals surface area contributed by atoms with Crippen molar-refractivity contribution in [3.63, 3.8) is 0 Å². The number of hydrogen-bond acceptors (Lipinski definition) is 2. The predicted octanol–water partition coefficient (Wildman–Crippen LogP) is 14.5. The van der Waals surface area contributed by atoms with Gasteiger partial charge in [-0.15, -0.1) is 0 Å². The monoisotopic (exact) mass is 627 g/mol. The van der Waals surface area contributed by atoms with E-state index in [1.165, 1.54) is 173 Å². The van der Waals surface area contributed by atoms with Crippen LogP contribution in [-0.4, -0.2) is 18.0 Å². The maximum Gasteiger partial charge on any atom is 0.169 e. The maximum atomic E-state index is 6.75. The highest BCUT2D eigenvalue weighted by Crippen LogP contribution is 2.45. The molecule has 2 aliphatic rings. The Morgan fingerprint density at radius 1 is 0.444 bits per heavy atom. The molecule has 2 rings (SSSR count). The molecule has 1 saturated heterocycles. The van der Waals surface area contributed by atoms with E-state index >= 15 is 0 Å². The van der Waals surface area contributed by atoms with Crippen LogP contribution in [0.3, 0.4) is 0 Å². The summed E-state index contributed by atoms with van der Waals surface area (Å²) < 4.78 is 13.5. The summed E-state index contributed by atoms with van der Waals surface area (Å²) in [5, 5.41) is 0. The summed E-state index contributed by atoms with van der Waals surface area (Å²) in [7, 11) is 0. The average molecular weight is 627 g/mol. The van der Waals surface area contributed by atoms with Gasteiger partial charge in [-0.3, -0.25) is 0 Å². The van der Waals surface area contributed by atoms with E-state index in [0.717, 1.165) is 25.2 Å². The molecule has 0 aromatic heterocycles. The van der Waals surface area contributed by atoms with Crippen molar-refractivity contribution in [2.75, 3.05) is 0 Å². The Kier molecular flexibility index (Phi) is 25.2. The van der Waals surface area contributed by atoms with Crippen LogP contribution >= 0.6 is 0 Å². The molecule has 0 amide bonds. The first-order valence-corrected chi connectivity index (χ1v) is 20.5. The van der Waals surface area contributed by atoms with Crippen LogP contribution in [0, 0.1) is 5.92 Å². The van der Waals surface area contributed by atoms with Crippen molar-refractivity contribution in [1.82, 2.24) is 0 Å². The second kappa shape index (κ2) is 28.2. The lowest BCUT2D eigenvalue weighted by molar-refractivity contribution is -0.192. The molecule has 262 valence electrons. The average Bonchev–Trinajstić information content (AvgIpc) is 3.54. The lowest BCUT2D eigenvalue weighted by Crippen LogP contribution is -2.32. The molecule has 2 fully saturated rings. The standard InChI is InChI=1S/C43H78O2/c1-4-6-8-10-12-14-16-18-20-22-24-26-28-30-32-34-36-43(44-41-38-40(3)39-42(41)45-43)37-35-33-31-29-27-25-23-21-19-17-15-13-11-9-7-5-2/h12,14,18-21,40-42H,4-11,13,15-17,22-39H2,1-3H3/b14-12-,20-18-,21-19-/t40-,41-,42+,43?. The molecule has 0 bridgehead atoms. The summed E-state index contributed by atoms with van der Waals surface area (Å²) in [6.45, 7) is 6.93. The lowest BCUT2D eigenvalue weighted by Gasteiger charge is -2.30. The summed E-state index contributed by atoms with van der Waals surface area (Å²) in [6.07, 6.45) is 54.3. The van der Waals surface area contributed by atoms with E-state index < -0.39 is 0 Å². The van der Waals surface area contributed by atoms with Gasteiger partial charge >= 0.3 is 0 Å². The highest BCUT2D eigenvalue weighted by atomic mass is 16.8. The number of ether oxygens (including phenoxy) is 2. The molecule has 1 saturated carbocycles. The van der Waals surface area contributed by atoms with E-state index in [2.05, 4.69) is 57.2 Å². The number of fused-ring (bicyclic) bond motifs is 1. The largest absolute Gasteiger partial charge is 0.344 e. The van der Waals surface area contributed by atoms with Crippen LogP contribution in [0.5, 0.6) is 0 Å². The van der Waals surface area contributed by atoms with E-state index in [0.29, 0.717) is 12.2 Å². The zero-order valence-corrected chi connectivity index (χ0v) is 30.7. The van der Waals surface area contributed by atoms with Gasteiger partial charge in [0.25, 0.3) is 0 Å². The molecule has 1 unspecified atom stereocenters. The Morgan fingerprint density at radius 2 is 0.778 bits per heavy atom. The normalized spacial score (nSPS) is 23.4. The van der Waals surface area contributed by atoms with Gasteiger partial charge in [0.2, 0.25) is 0 Å². The fraction of sp³-hybridized carbons (Fsp3) is 0.860. The van der Waals surface area contributed by atoms with Crippen LogP contribution in [-0.2, 0) is 9.47 Å². The molecule has 1 aliphatic carbocycles. The molecule has 2 heteroatoms. The van der Waals surface area contributed by atoms with Gasteiger partial charge in [-0.05, 0) is 89.4 Å². The Bertz CT molecular complexity index is 722. The maximum absolute atomic E-state index is 6.75. The summed E-state index contributed by atoms with van der Waals surface area (Å²) in [4.78, 5) is 0. The second-order valence-corrected chi connectivity index (χ2v) is 14.8. The molecule has 0 spiro atoms. The first kappa shape index (κ1) is 40.3. The van der Waals surface area contributed by atoms with Gasteiger partial charge in [0.05, 0.1) is 12.2 Å². The van der Waals surface area contributed by atoms with Crippen molar-refractivity contribution in [2.24, 2.45) is 5.92 Å². The van der Waals surface area contributed by atoms with Gasteiger partial charge < -0.3 is 9.47 Å². The van der Waals surface area contributed by atoms with Crippen molar-refractivity contribution in [3.05, 3.63) is 36.5 Å². The molecular formula is C43H78O2. The number of unbranched alkanes of at least 4 members (excludes halogenated alkanes) is 21. The number of hydrogen-bond donors (Lipinski definition) is 0. The van der Waals surface area contributed by atoms with Crippen molar-refractivity contribution in [1.29, 1.82) is 0 Å². The fourth-order valence-electron chi connectivity index (χ4n) is 7.41. The molecule has 1 heterocycles. The summed E-state index contributed by atoms with van der Waals surface area (Å²) >= 11 is 0. The predicted molar refractivity (Wildman–Crippen MR) is 199 cm³/mol. The van der Waals surface area contributed by atoms with E-state index in [4.69, 9.17) is 9.47 Å². The summed E-state index contributed by atoms with van der Waals surface area (Å²) in [6, 6.07) is 0. The molecule has 0 N–H and O–H groups in total. The minimum Gasteiger partial charge on any atom is -0.344 e. The highest BCUT2D eigenvalue weighted by molar-refractivity contribution is 4.94. The third kappa shape index (κ3) is 20.9. The Morgan fingerprint density at radius 3 is 1.22 bits per heavy atom. The van der Waals surface area contributed by atoms with Crippen LogP contribution in [0.1, 0.15) is 213 Å². The van der Waals surface area contributed by atoms with E-state index in [-0.39, 0.29) is 5.79 Å². The molecule has 45 heavy (non-hydrogen) atoms. The quantitative estimate of drug-likeness (QED) is 0.0563. The zero-order chi connectivity index (χ0) is 32.1. The van der Waals surface area contributed by atoms with E-state index in [1.807, 2.05) is 0 Å². The third-order valence-electron chi connectivity index (χ3n) is 10.2. The van der Waals surface area contributed by atoms with E-state index in [9.17, 15) is 0 Å². The molecule has 2 nitrogen and oxygen atoms in total. The van der Waals surface area contributed by atoms with Crippen molar-refractivity contribution in [3.8, 4) is 0 Å². The van der Waals surface area contributed by atoms with Gasteiger partial charge in [0.15, 0.2) is 5.79 Å². The van der Waals surface area contributed by atoms with Gasteiger partial charge in [-0.25, -0.2) is 0 Å². The Labute approximate surface area is 282 Å². The van der Waals surface area contributed by atoms with Gasteiger partial charge in [-0.2, -0.15) is 0 Å². The van der Waals surface area contributed by atoms with Crippen LogP contribution < -0.4 is 0 Å². The second-order valence-electron chi connectivity index (χ2n) is 14.8. The van der Waals surface area contributed by atoms with Crippen LogP contribution in [0.4, 0.5) is 0 Å². The number of rotatable bonds is 31. The van der Waals surface area contributed by atoms with Gasteiger partial charge in [0, 0.05) is 12.8 Å². The summed E-state index contributed by atoms with van der Waals surface area (Å²) in [5.74, 6) is 0.483. The molecule has 0 aromatic carbocycles. The van der Waals surface area contributed by atoms with Crippen LogP contribution in [0.25, 0.3) is 0 Å². The van der Waals surface area contributed by atoms with Crippen LogP contribution in [0.2, 0.25) is 0 Å². The van der Waals surface area contributed by atoms with Crippen molar-refractivity contribution < 1.29 is 9.47 Å². The third-order valence-corrected chi connectivity index (χ3v) is 10.2. The number of allylic oxidation sites excluding steroid dienone is 6. The van der Waals surface area contributed by atoms with Crippen molar-refractivity contribution >= 4 is 0 Å². The molecule has 4 atom stereocenters. The molecule has 1 aliphatic heterocycles. The topological polar surface area (TPSA) is 18.5 Å². The smallest absolute Gasteiger partial charge is 0.169 e. The molecular weight excluding hydrogens is 548 g/mol. The summed E-state index contributed by atoms with van der Waals surface area (Å²) in [5.41, 5.74) is 0. The Hall–Kier alpha value is -0.860. The van der Waals surface area contributed by atoms with Crippen molar-refractivity contribution in [2.45, 2.75) is 231 Å². The first-order valence-electron chi connectivity index (χ1n) is 20.5. The lowest BCUT2D eigenvalue weighted by atomic mass is 9.98. The SMILES string of the molecule is CCCCC/C=C\C/C=C\CCCCCCCCC1(CCCCCCCC/C=C\CCCCCCCC)O[C@H]2C[C@H](C)C[C@H]2O1. The zero-order valence-electron chi connectivity index (χ0n) is 30.7. The minimum atomic E-state index is -0.272. The minimum absolute atomic E-state index is 0.272.